The molecular weight excluding hydrogens is 262 g/mol. The van der Waals surface area contributed by atoms with Crippen LogP contribution in [0.15, 0.2) is 24.5 Å². The highest BCUT2D eigenvalue weighted by Gasteiger charge is 2.34. The first-order valence-corrected chi connectivity index (χ1v) is 8.43. The molecule has 2 unspecified atom stereocenters. The first kappa shape index (κ1) is 14.9. The third kappa shape index (κ3) is 4.02. The maximum atomic E-state index is 5.87. The number of rotatable bonds is 3. The van der Waals surface area contributed by atoms with Gasteiger partial charge in [-0.15, -0.1) is 0 Å². The van der Waals surface area contributed by atoms with Crippen molar-refractivity contribution in [2.45, 2.75) is 51.5 Å². The van der Waals surface area contributed by atoms with E-state index in [0.29, 0.717) is 12.2 Å². The summed E-state index contributed by atoms with van der Waals surface area (Å²) >= 11 is 0. The van der Waals surface area contributed by atoms with Gasteiger partial charge in [0.15, 0.2) is 0 Å². The number of quaternary nitrogens is 2. The van der Waals surface area contributed by atoms with Crippen molar-refractivity contribution in [2.75, 3.05) is 26.2 Å². The third-order valence-corrected chi connectivity index (χ3v) is 5.01. The van der Waals surface area contributed by atoms with Crippen LogP contribution < -0.4 is 9.80 Å². The summed E-state index contributed by atoms with van der Waals surface area (Å²) in [6.45, 7) is 10.5. The Morgan fingerprint density at radius 1 is 1.19 bits per heavy atom. The van der Waals surface area contributed by atoms with Crippen LogP contribution >= 0.6 is 0 Å². The Labute approximate surface area is 128 Å². The summed E-state index contributed by atoms with van der Waals surface area (Å²) in [7, 11) is 0. The van der Waals surface area contributed by atoms with Crippen LogP contribution in [0, 0.1) is 0 Å². The van der Waals surface area contributed by atoms with Crippen LogP contribution in [0.2, 0.25) is 0 Å². The number of hydrogen-bond acceptors (Lipinski definition) is 2. The summed E-state index contributed by atoms with van der Waals surface area (Å²) in [4.78, 5) is 7.72. The van der Waals surface area contributed by atoms with Gasteiger partial charge in [-0.2, -0.15) is 0 Å². The summed E-state index contributed by atoms with van der Waals surface area (Å²) in [6.07, 6.45) is 7.41. The highest BCUT2D eigenvalue weighted by atomic mass is 16.5. The second kappa shape index (κ2) is 6.86. The van der Waals surface area contributed by atoms with Crippen molar-refractivity contribution in [1.82, 2.24) is 4.98 Å². The van der Waals surface area contributed by atoms with E-state index in [-0.39, 0.29) is 0 Å². The summed E-state index contributed by atoms with van der Waals surface area (Å²) in [6, 6.07) is 5.08. The molecule has 0 bridgehead atoms. The number of likely N-dealkylation sites (tertiary alicyclic amines) is 1. The minimum atomic E-state index is 0.421. The average Bonchev–Trinajstić information content (AvgIpc) is 2.48. The molecule has 2 fully saturated rings. The van der Waals surface area contributed by atoms with Crippen molar-refractivity contribution in [1.29, 1.82) is 0 Å². The van der Waals surface area contributed by atoms with Gasteiger partial charge in [0.25, 0.3) is 0 Å². The van der Waals surface area contributed by atoms with Crippen LogP contribution in [-0.4, -0.2) is 49.4 Å². The molecule has 2 saturated heterocycles. The van der Waals surface area contributed by atoms with Gasteiger partial charge in [-0.3, -0.25) is 4.98 Å². The predicted octanol–water partition coefficient (Wildman–Crippen LogP) is -0.679. The van der Waals surface area contributed by atoms with Gasteiger partial charge < -0.3 is 14.5 Å². The van der Waals surface area contributed by atoms with E-state index in [4.69, 9.17) is 4.74 Å². The molecule has 21 heavy (non-hydrogen) atoms. The molecule has 0 aliphatic carbocycles. The Hall–Kier alpha value is -0.970. The van der Waals surface area contributed by atoms with Crippen LogP contribution in [0.5, 0.6) is 0 Å². The predicted molar refractivity (Wildman–Crippen MR) is 82.4 cm³/mol. The monoisotopic (exact) mass is 291 g/mol. The van der Waals surface area contributed by atoms with Gasteiger partial charge in [-0.05, 0) is 19.9 Å². The van der Waals surface area contributed by atoms with Gasteiger partial charge in [0, 0.05) is 30.8 Å². The zero-order valence-electron chi connectivity index (χ0n) is 13.3. The first-order valence-electron chi connectivity index (χ1n) is 8.43. The number of piperidine rings is 1. The SMILES string of the molecule is CC1C[NH+](C2CC[NH+](Cc3cccnc3)CC2)CC(C)O1. The Morgan fingerprint density at radius 2 is 1.90 bits per heavy atom. The molecule has 1 aromatic rings. The van der Waals surface area contributed by atoms with E-state index in [1.165, 1.54) is 44.6 Å². The van der Waals surface area contributed by atoms with E-state index >= 15 is 0 Å². The standard InChI is InChI=1S/C17H27N3O/c1-14-11-20(12-15(2)21-14)17-5-8-19(9-6-17)13-16-4-3-7-18-10-16/h3-4,7,10,14-15,17H,5-6,8-9,11-13H2,1-2H3/p+2. The van der Waals surface area contributed by atoms with Gasteiger partial charge in [-0.1, -0.05) is 6.07 Å². The van der Waals surface area contributed by atoms with Gasteiger partial charge in [0.1, 0.15) is 31.8 Å². The Morgan fingerprint density at radius 3 is 2.52 bits per heavy atom. The van der Waals surface area contributed by atoms with Crippen LogP contribution in [0.3, 0.4) is 0 Å². The number of pyridine rings is 1. The number of ether oxygens (including phenoxy) is 1. The Balaban J connectivity index is 1.48. The van der Waals surface area contributed by atoms with Gasteiger partial charge in [0.05, 0.1) is 19.1 Å². The van der Waals surface area contributed by atoms with Crippen molar-refractivity contribution >= 4 is 0 Å². The maximum absolute atomic E-state index is 5.87. The topological polar surface area (TPSA) is 31.0 Å². The molecule has 2 aliphatic rings. The molecule has 0 radical (unpaired) electrons. The van der Waals surface area contributed by atoms with Crippen molar-refractivity contribution in [3.05, 3.63) is 30.1 Å². The molecule has 2 N–H and O–H groups in total. The molecule has 2 aliphatic heterocycles. The maximum Gasteiger partial charge on any atom is 0.104 e. The van der Waals surface area contributed by atoms with Gasteiger partial charge >= 0.3 is 0 Å². The van der Waals surface area contributed by atoms with E-state index in [9.17, 15) is 0 Å². The number of nitrogens with zero attached hydrogens (tertiary/aromatic N) is 1. The second-order valence-corrected chi connectivity index (χ2v) is 6.89. The lowest BCUT2D eigenvalue weighted by Crippen LogP contribution is -3.22. The molecule has 4 heteroatoms. The fourth-order valence-corrected chi connectivity index (χ4v) is 4.05. The highest BCUT2D eigenvalue weighted by molar-refractivity contribution is 5.06. The smallest absolute Gasteiger partial charge is 0.104 e. The largest absolute Gasteiger partial charge is 0.364 e. The zero-order valence-corrected chi connectivity index (χ0v) is 13.3. The zero-order chi connectivity index (χ0) is 14.7. The van der Waals surface area contributed by atoms with E-state index in [0.717, 1.165) is 12.6 Å². The van der Waals surface area contributed by atoms with Crippen molar-refractivity contribution in [3.63, 3.8) is 0 Å². The van der Waals surface area contributed by atoms with Crippen LogP contribution in [-0.2, 0) is 11.3 Å². The number of hydrogen-bond donors (Lipinski definition) is 2. The Kier molecular flexibility index (Phi) is 4.88. The molecule has 0 spiro atoms. The number of aromatic nitrogens is 1. The third-order valence-electron chi connectivity index (χ3n) is 5.01. The molecule has 3 rings (SSSR count). The lowest BCUT2D eigenvalue weighted by molar-refractivity contribution is -0.970. The van der Waals surface area contributed by atoms with E-state index in [2.05, 4.69) is 24.9 Å². The molecular formula is C17H29N3O+2. The number of morpholine rings is 1. The molecule has 1 aromatic heterocycles. The van der Waals surface area contributed by atoms with E-state index < -0.39 is 0 Å². The van der Waals surface area contributed by atoms with Crippen LogP contribution in [0.4, 0.5) is 0 Å². The van der Waals surface area contributed by atoms with Crippen LogP contribution in [0.1, 0.15) is 32.3 Å². The molecule has 116 valence electrons. The second-order valence-electron chi connectivity index (χ2n) is 6.89. The molecule has 0 aromatic carbocycles. The lowest BCUT2D eigenvalue weighted by Gasteiger charge is -2.39. The highest BCUT2D eigenvalue weighted by Crippen LogP contribution is 2.04. The molecule has 0 amide bonds. The number of nitrogens with one attached hydrogen (secondary N) is 2. The minimum Gasteiger partial charge on any atom is -0.364 e. The minimum absolute atomic E-state index is 0.421. The molecule has 3 heterocycles. The molecule has 2 atom stereocenters. The summed E-state index contributed by atoms with van der Waals surface area (Å²) in [5.41, 5.74) is 1.37. The molecule has 4 nitrogen and oxygen atoms in total. The fourth-order valence-electron chi connectivity index (χ4n) is 4.05. The van der Waals surface area contributed by atoms with Crippen molar-refractivity contribution in [2.24, 2.45) is 0 Å². The first-order chi connectivity index (χ1) is 10.2. The molecule has 0 saturated carbocycles. The van der Waals surface area contributed by atoms with E-state index in [1.54, 1.807) is 9.80 Å². The van der Waals surface area contributed by atoms with Gasteiger partial charge in [0.2, 0.25) is 0 Å². The van der Waals surface area contributed by atoms with Crippen LogP contribution in [0.25, 0.3) is 0 Å². The van der Waals surface area contributed by atoms with Gasteiger partial charge in [-0.25, -0.2) is 0 Å². The average molecular weight is 291 g/mol. The fraction of sp³-hybridized carbons (Fsp3) is 0.706. The van der Waals surface area contributed by atoms with E-state index in [1.807, 2.05) is 18.5 Å². The lowest BCUT2D eigenvalue weighted by atomic mass is 10.0. The Bertz CT molecular complexity index is 421. The summed E-state index contributed by atoms with van der Waals surface area (Å²) in [5.74, 6) is 0. The summed E-state index contributed by atoms with van der Waals surface area (Å²) in [5, 5.41) is 0. The van der Waals surface area contributed by atoms with Crippen molar-refractivity contribution in [3.8, 4) is 0 Å². The quantitative estimate of drug-likeness (QED) is 0.773. The normalized spacial score (nSPS) is 37.3. The summed E-state index contributed by atoms with van der Waals surface area (Å²) < 4.78 is 5.87. The van der Waals surface area contributed by atoms with Crippen molar-refractivity contribution < 1.29 is 14.5 Å².